The maximum absolute atomic E-state index is 13.2. The van der Waals surface area contributed by atoms with Crippen LogP contribution in [0.3, 0.4) is 0 Å². The van der Waals surface area contributed by atoms with Crippen molar-refractivity contribution < 1.29 is 28.2 Å². The number of carbonyl (C=O) groups excluding carboxylic acids is 1. The van der Waals surface area contributed by atoms with Gasteiger partial charge in [0, 0.05) is 17.7 Å². The molecule has 2 heterocycles. The number of fused-ring (bicyclic) bond motifs is 1. The number of nitrogens with one attached hydrogen (secondary N) is 2. The Balaban J connectivity index is 1.52. The smallest absolute Gasteiger partial charge is 0.396 e. The van der Waals surface area contributed by atoms with E-state index in [1.807, 2.05) is 0 Å². The number of carbonyl (C=O) groups is 1. The van der Waals surface area contributed by atoms with Crippen molar-refractivity contribution in [1.29, 1.82) is 0 Å². The van der Waals surface area contributed by atoms with Gasteiger partial charge < -0.3 is 20.8 Å². The molecule has 0 aliphatic rings. The van der Waals surface area contributed by atoms with Crippen molar-refractivity contribution in [2.24, 2.45) is 0 Å². The molecule has 184 valence electrons. The fourth-order valence-electron chi connectivity index (χ4n) is 3.53. The fourth-order valence-corrected chi connectivity index (χ4v) is 5.01. The summed E-state index contributed by atoms with van der Waals surface area (Å²) in [6.45, 7) is -0.188. The van der Waals surface area contributed by atoms with Crippen LogP contribution in [0.4, 0.5) is 24.0 Å². The SMILES string of the molecule is O=C(Nc1nc2ccc(NC(O)c3cscn3)cc2s1)C(CCCO)c1cccc(C(F)(F)F)c1. The fraction of sp³-hybridized carbons (Fsp3) is 0.261. The molecule has 0 spiro atoms. The van der Waals surface area contributed by atoms with E-state index in [-0.39, 0.29) is 25.0 Å². The topological polar surface area (TPSA) is 107 Å². The highest BCUT2D eigenvalue weighted by Gasteiger charge is 2.32. The van der Waals surface area contributed by atoms with Crippen LogP contribution < -0.4 is 10.6 Å². The number of aliphatic hydroxyl groups is 2. The van der Waals surface area contributed by atoms with Gasteiger partial charge in [0.15, 0.2) is 11.4 Å². The van der Waals surface area contributed by atoms with Gasteiger partial charge in [0.2, 0.25) is 5.91 Å². The summed E-state index contributed by atoms with van der Waals surface area (Å²) in [5.41, 5.74) is 2.74. The molecule has 2 unspecified atom stereocenters. The number of alkyl halides is 3. The first-order valence-corrected chi connectivity index (χ1v) is 12.3. The van der Waals surface area contributed by atoms with Crippen molar-refractivity contribution in [1.82, 2.24) is 9.97 Å². The molecule has 4 aromatic rings. The molecule has 12 heteroatoms. The molecule has 0 saturated carbocycles. The van der Waals surface area contributed by atoms with E-state index in [1.165, 1.54) is 34.8 Å². The highest BCUT2D eigenvalue weighted by molar-refractivity contribution is 7.22. The summed E-state index contributed by atoms with van der Waals surface area (Å²) < 4.78 is 40.2. The predicted molar refractivity (Wildman–Crippen MR) is 129 cm³/mol. The Morgan fingerprint density at radius 1 is 1.17 bits per heavy atom. The number of thiazole rings is 2. The van der Waals surface area contributed by atoms with Crippen LogP contribution in [0.25, 0.3) is 10.2 Å². The standard InChI is InChI=1S/C23H21F3N4O3S2/c24-23(25,26)14-4-1-3-13(9-14)16(5-2-8-31)20(32)30-22-29-17-7-6-15(10-19(17)35-22)28-21(33)18-11-34-12-27-18/h1,3-4,6-7,9-12,16,21,28,31,33H,2,5,8H2,(H,29,30,32). The van der Waals surface area contributed by atoms with Crippen molar-refractivity contribution in [3.8, 4) is 0 Å². The average molecular weight is 523 g/mol. The lowest BCUT2D eigenvalue weighted by Gasteiger charge is -2.17. The van der Waals surface area contributed by atoms with Gasteiger partial charge in [0.1, 0.15) is 5.69 Å². The normalized spacial score (nSPS) is 13.5. The first-order chi connectivity index (χ1) is 16.7. The zero-order valence-electron chi connectivity index (χ0n) is 18.1. The molecule has 0 aliphatic carbocycles. The van der Waals surface area contributed by atoms with Crippen LogP contribution in [0.2, 0.25) is 0 Å². The van der Waals surface area contributed by atoms with E-state index >= 15 is 0 Å². The van der Waals surface area contributed by atoms with Gasteiger partial charge >= 0.3 is 6.18 Å². The third kappa shape index (κ3) is 6.14. The highest BCUT2D eigenvalue weighted by atomic mass is 32.1. The molecular weight excluding hydrogens is 501 g/mol. The second-order valence-electron chi connectivity index (χ2n) is 7.69. The van der Waals surface area contributed by atoms with Crippen LogP contribution in [0.5, 0.6) is 0 Å². The molecule has 0 saturated heterocycles. The Morgan fingerprint density at radius 2 is 2.00 bits per heavy atom. The summed E-state index contributed by atoms with van der Waals surface area (Å²) in [5, 5.41) is 27.1. The summed E-state index contributed by atoms with van der Waals surface area (Å²) in [6, 6.07) is 9.89. The van der Waals surface area contributed by atoms with Crippen molar-refractivity contribution in [3.63, 3.8) is 0 Å². The van der Waals surface area contributed by atoms with Gasteiger partial charge in [-0.05, 0) is 42.7 Å². The van der Waals surface area contributed by atoms with Crippen LogP contribution in [0.15, 0.2) is 53.4 Å². The van der Waals surface area contributed by atoms with Crippen molar-refractivity contribution in [2.75, 3.05) is 17.2 Å². The summed E-state index contributed by atoms with van der Waals surface area (Å²) in [5.74, 6) is -1.39. The maximum atomic E-state index is 13.2. The molecule has 0 radical (unpaired) electrons. The van der Waals surface area contributed by atoms with E-state index in [2.05, 4.69) is 20.6 Å². The Hall–Kier alpha value is -3.06. The molecule has 2 atom stereocenters. The van der Waals surface area contributed by atoms with Crippen LogP contribution >= 0.6 is 22.7 Å². The minimum Gasteiger partial charge on any atom is -0.396 e. The quantitative estimate of drug-likeness (QED) is 0.220. The Labute approximate surface area is 206 Å². The summed E-state index contributed by atoms with van der Waals surface area (Å²) in [4.78, 5) is 21.5. The van der Waals surface area contributed by atoms with E-state index in [1.54, 1.807) is 29.1 Å². The average Bonchev–Trinajstić information content (AvgIpc) is 3.48. The zero-order chi connectivity index (χ0) is 25.0. The van der Waals surface area contributed by atoms with Crippen molar-refractivity contribution in [3.05, 3.63) is 70.2 Å². The summed E-state index contributed by atoms with van der Waals surface area (Å²) in [7, 11) is 0. The van der Waals surface area contributed by atoms with Gasteiger partial charge in [-0.3, -0.25) is 4.79 Å². The van der Waals surface area contributed by atoms with Gasteiger partial charge in [-0.25, -0.2) is 9.97 Å². The van der Waals surface area contributed by atoms with E-state index < -0.39 is 29.8 Å². The van der Waals surface area contributed by atoms with Crippen molar-refractivity contribution >= 4 is 49.6 Å². The lowest BCUT2D eigenvalue weighted by molar-refractivity contribution is -0.137. The molecule has 1 amide bonds. The predicted octanol–water partition coefficient (Wildman–Crippen LogP) is 5.37. The number of amides is 1. The number of anilines is 2. The Bertz CT molecular complexity index is 1290. The van der Waals surface area contributed by atoms with Gasteiger partial charge in [0.25, 0.3) is 0 Å². The minimum atomic E-state index is -4.53. The number of hydrogen-bond donors (Lipinski definition) is 4. The molecule has 0 aliphatic heterocycles. The van der Waals surface area contributed by atoms with Gasteiger partial charge in [0.05, 0.1) is 27.2 Å². The van der Waals surface area contributed by atoms with E-state index in [4.69, 9.17) is 0 Å². The number of nitrogens with zero attached hydrogens (tertiary/aromatic N) is 2. The molecule has 2 aromatic heterocycles. The Kier molecular flexibility index (Phi) is 7.65. The van der Waals surface area contributed by atoms with E-state index in [0.29, 0.717) is 22.0 Å². The molecular formula is C23H21F3N4O3S2. The number of benzene rings is 2. The second kappa shape index (κ2) is 10.7. The number of hydrogen-bond acceptors (Lipinski definition) is 8. The van der Waals surface area contributed by atoms with Crippen molar-refractivity contribution in [2.45, 2.75) is 31.2 Å². The third-order valence-corrected chi connectivity index (χ3v) is 6.78. The third-order valence-electron chi connectivity index (χ3n) is 5.24. The summed E-state index contributed by atoms with van der Waals surface area (Å²) in [6.07, 6.45) is -5.08. The summed E-state index contributed by atoms with van der Waals surface area (Å²) >= 11 is 2.57. The lowest BCUT2D eigenvalue weighted by atomic mass is 9.92. The molecule has 4 N–H and O–H groups in total. The zero-order valence-corrected chi connectivity index (χ0v) is 19.8. The Morgan fingerprint density at radius 3 is 2.71 bits per heavy atom. The van der Waals surface area contributed by atoms with Crippen LogP contribution in [-0.4, -0.2) is 32.7 Å². The second-order valence-corrected chi connectivity index (χ2v) is 9.44. The molecule has 4 rings (SSSR count). The number of rotatable bonds is 9. The number of aromatic nitrogens is 2. The molecule has 2 aromatic carbocycles. The molecule has 0 bridgehead atoms. The van der Waals surface area contributed by atoms with Gasteiger partial charge in [-0.2, -0.15) is 13.2 Å². The number of aliphatic hydroxyl groups excluding tert-OH is 2. The maximum Gasteiger partial charge on any atom is 0.416 e. The largest absolute Gasteiger partial charge is 0.416 e. The van der Waals surface area contributed by atoms with E-state index in [0.717, 1.165) is 16.8 Å². The van der Waals surface area contributed by atoms with E-state index in [9.17, 15) is 28.2 Å². The number of halogens is 3. The highest BCUT2D eigenvalue weighted by Crippen LogP contribution is 2.34. The van der Waals surface area contributed by atoms with Crippen LogP contribution in [0, 0.1) is 0 Å². The van der Waals surface area contributed by atoms with Crippen LogP contribution in [-0.2, 0) is 11.0 Å². The molecule has 7 nitrogen and oxygen atoms in total. The lowest BCUT2D eigenvalue weighted by Crippen LogP contribution is -2.22. The van der Waals surface area contributed by atoms with Gasteiger partial charge in [-0.15, -0.1) is 11.3 Å². The van der Waals surface area contributed by atoms with Gasteiger partial charge in [-0.1, -0.05) is 29.5 Å². The first-order valence-electron chi connectivity index (χ1n) is 10.6. The monoisotopic (exact) mass is 522 g/mol. The molecule has 35 heavy (non-hydrogen) atoms. The first kappa shape index (κ1) is 25.0. The molecule has 0 fully saturated rings. The van der Waals surface area contributed by atoms with Crippen LogP contribution in [0.1, 0.15) is 41.8 Å². The minimum absolute atomic E-state index is 0.178.